The van der Waals surface area contributed by atoms with E-state index in [1.165, 1.54) is 6.92 Å². The van der Waals surface area contributed by atoms with E-state index in [1.54, 1.807) is 13.8 Å². The number of rotatable bonds is 3. The molecule has 1 rings (SSSR count). The highest BCUT2D eigenvalue weighted by atomic mass is 35.5. The molecule has 0 aliphatic heterocycles. The molecule has 0 aromatic heterocycles. The predicted octanol–water partition coefficient (Wildman–Crippen LogP) is 5.34. The van der Waals surface area contributed by atoms with Gasteiger partial charge in [-0.2, -0.15) is 0 Å². The molecule has 1 aromatic rings. The van der Waals surface area contributed by atoms with Gasteiger partial charge in [0, 0.05) is 11.5 Å². The van der Waals surface area contributed by atoms with Gasteiger partial charge in [0.25, 0.3) is 0 Å². The fourth-order valence-corrected chi connectivity index (χ4v) is 2.56. The van der Waals surface area contributed by atoms with Crippen molar-refractivity contribution >= 4 is 58.0 Å². The number of halogens is 4. The van der Waals surface area contributed by atoms with Crippen molar-refractivity contribution in [1.29, 1.82) is 0 Å². The lowest BCUT2D eigenvalue weighted by atomic mass is 9.94. The van der Waals surface area contributed by atoms with Crippen molar-refractivity contribution in [1.82, 2.24) is 0 Å². The number of hydrogen-bond donors (Lipinski definition) is 0. The fourth-order valence-electron chi connectivity index (χ4n) is 1.48. The summed E-state index contributed by atoms with van der Waals surface area (Å²) in [7, 11) is 0. The molecule has 0 heterocycles. The highest BCUT2D eigenvalue weighted by Gasteiger charge is 2.28. The standard InChI is InChI=1S/C12H10Cl4O2/c1-4(2)12(18)7-6(5(3)17)8(13)10(15)11(16)9(7)14/h4H,1-3H3. The Morgan fingerprint density at radius 1 is 0.833 bits per heavy atom. The lowest BCUT2D eigenvalue weighted by molar-refractivity contribution is 0.0927. The van der Waals surface area contributed by atoms with Crippen LogP contribution in [0.5, 0.6) is 0 Å². The SMILES string of the molecule is CC(=O)c1c(Cl)c(Cl)c(Cl)c(Cl)c1C(=O)C(C)C. The van der Waals surface area contributed by atoms with E-state index in [0.717, 1.165) is 0 Å². The topological polar surface area (TPSA) is 34.1 Å². The number of Topliss-reactive ketones (excluding diaryl/α,β-unsaturated/α-hetero) is 2. The Kier molecular flexibility index (Phi) is 5.07. The molecule has 0 N–H and O–H groups in total. The molecule has 0 aliphatic rings. The Labute approximate surface area is 125 Å². The quantitative estimate of drug-likeness (QED) is 0.426. The summed E-state index contributed by atoms with van der Waals surface area (Å²) in [6.45, 7) is 4.68. The molecule has 0 saturated carbocycles. The third-order valence-corrected chi connectivity index (χ3v) is 4.19. The van der Waals surface area contributed by atoms with Gasteiger partial charge in [-0.05, 0) is 6.92 Å². The van der Waals surface area contributed by atoms with Gasteiger partial charge in [-0.15, -0.1) is 0 Å². The summed E-state index contributed by atoms with van der Waals surface area (Å²) < 4.78 is 0. The molecule has 98 valence electrons. The van der Waals surface area contributed by atoms with Crippen LogP contribution in [-0.4, -0.2) is 11.6 Å². The molecule has 0 unspecified atom stereocenters. The van der Waals surface area contributed by atoms with E-state index in [-0.39, 0.29) is 48.7 Å². The van der Waals surface area contributed by atoms with Gasteiger partial charge in [-0.3, -0.25) is 9.59 Å². The lowest BCUT2D eigenvalue weighted by Gasteiger charge is -2.15. The second kappa shape index (κ2) is 5.79. The predicted molar refractivity (Wildman–Crippen MR) is 75.7 cm³/mol. The van der Waals surface area contributed by atoms with Gasteiger partial charge in [0.05, 0.1) is 25.7 Å². The summed E-state index contributed by atoms with van der Waals surface area (Å²) in [5.74, 6) is -1.02. The average Bonchev–Trinajstić information content (AvgIpc) is 2.29. The van der Waals surface area contributed by atoms with Gasteiger partial charge in [0.1, 0.15) is 0 Å². The summed E-state index contributed by atoms with van der Waals surface area (Å²) >= 11 is 23.8. The Bertz CT molecular complexity index is 536. The largest absolute Gasteiger partial charge is 0.294 e. The maximum Gasteiger partial charge on any atom is 0.167 e. The van der Waals surface area contributed by atoms with E-state index in [4.69, 9.17) is 46.4 Å². The molecule has 0 saturated heterocycles. The van der Waals surface area contributed by atoms with Crippen LogP contribution in [0.15, 0.2) is 0 Å². The third kappa shape index (κ3) is 2.67. The molecule has 6 heteroatoms. The van der Waals surface area contributed by atoms with E-state index in [9.17, 15) is 9.59 Å². The first-order valence-electron chi connectivity index (χ1n) is 5.11. The van der Waals surface area contributed by atoms with Gasteiger partial charge in [-0.25, -0.2) is 0 Å². The second-order valence-corrected chi connectivity index (χ2v) is 5.59. The first kappa shape index (κ1) is 15.8. The van der Waals surface area contributed by atoms with Gasteiger partial charge in [0.2, 0.25) is 0 Å². The Hall–Kier alpha value is -0.280. The van der Waals surface area contributed by atoms with Crippen molar-refractivity contribution in [3.63, 3.8) is 0 Å². The minimum atomic E-state index is -0.385. The van der Waals surface area contributed by atoms with Crippen molar-refractivity contribution in [2.75, 3.05) is 0 Å². The van der Waals surface area contributed by atoms with E-state index in [0.29, 0.717) is 0 Å². The zero-order valence-corrected chi connectivity index (χ0v) is 12.9. The van der Waals surface area contributed by atoms with Crippen molar-refractivity contribution in [3.8, 4) is 0 Å². The summed E-state index contributed by atoms with van der Waals surface area (Å²) in [6.07, 6.45) is 0. The Morgan fingerprint density at radius 3 is 1.56 bits per heavy atom. The van der Waals surface area contributed by atoms with E-state index >= 15 is 0 Å². The van der Waals surface area contributed by atoms with Crippen molar-refractivity contribution in [2.24, 2.45) is 5.92 Å². The highest BCUT2D eigenvalue weighted by molar-refractivity contribution is 6.54. The molecule has 0 fully saturated rings. The number of ketones is 2. The Balaban J connectivity index is 3.78. The van der Waals surface area contributed by atoms with Gasteiger partial charge in [0.15, 0.2) is 11.6 Å². The normalized spacial score (nSPS) is 10.9. The van der Waals surface area contributed by atoms with Crippen LogP contribution < -0.4 is 0 Å². The van der Waals surface area contributed by atoms with Crippen molar-refractivity contribution in [2.45, 2.75) is 20.8 Å². The molecule has 0 aliphatic carbocycles. The van der Waals surface area contributed by atoms with Crippen LogP contribution in [0.25, 0.3) is 0 Å². The first-order chi connectivity index (χ1) is 8.20. The van der Waals surface area contributed by atoms with Gasteiger partial charge in [-0.1, -0.05) is 60.3 Å². The van der Waals surface area contributed by atoms with E-state index in [1.807, 2.05) is 0 Å². The minimum Gasteiger partial charge on any atom is -0.294 e. The smallest absolute Gasteiger partial charge is 0.167 e. The van der Waals surface area contributed by atoms with Crippen LogP contribution in [0, 0.1) is 5.92 Å². The number of hydrogen-bond acceptors (Lipinski definition) is 2. The monoisotopic (exact) mass is 326 g/mol. The fraction of sp³-hybridized carbons (Fsp3) is 0.333. The molecule has 18 heavy (non-hydrogen) atoms. The van der Waals surface area contributed by atoms with E-state index < -0.39 is 0 Å². The zero-order chi connectivity index (χ0) is 14.2. The summed E-state index contributed by atoms with van der Waals surface area (Å²) in [4.78, 5) is 23.7. The molecule has 0 amide bonds. The number of carbonyl (C=O) groups excluding carboxylic acids is 2. The average molecular weight is 328 g/mol. The third-order valence-electron chi connectivity index (χ3n) is 2.39. The maximum atomic E-state index is 12.1. The van der Waals surface area contributed by atoms with Crippen LogP contribution in [0.1, 0.15) is 41.5 Å². The Morgan fingerprint density at radius 2 is 1.22 bits per heavy atom. The molecule has 0 atom stereocenters. The molecule has 0 radical (unpaired) electrons. The second-order valence-electron chi connectivity index (χ2n) is 4.08. The minimum absolute atomic E-state index is 0.0164. The molecular weight excluding hydrogens is 318 g/mol. The molecular formula is C12H10Cl4O2. The number of benzene rings is 1. The van der Waals surface area contributed by atoms with Crippen LogP contribution in [-0.2, 0) is 0 Å². The lowest BCUT2D eigenvalue weighted by Crippen LogP contribution is -2.14. The summed E-state index contributed by atoms with van der Waals surface area (Å²) in [6, 6.07) is 0. The van der Waals surface area contributed by atoms with Crippen LogP contribution in [0.2, 0.25) is 20.1 Å². The molecule has 0 spiro atoms. The summed E-state index contributed by atoms with van der Waals surface area (Å²) in [5, 5.41) is -0.108. The van der Waals surface area contributed by atoms with Crippen molar-refractivity contribution in [3.05, 3.63) is 31.2 Å². The summed E-state index contributed by atoms with van der Waals surface area (Å²) in [5.41, 5.74) is 0.0633. The first-order valence-corrected chi connectivity index (χ1v) is 6.62. The molecule has 2 nitrogen and oxygen atoms in total. The highest BCUT2D eigenvalue weighted by Crippen LogP contribution is 2.42. The van der Waals surface area contributed by atoms with Crippen molar-refractivity contribution < 1.29 is 9.59 Å². The van der Waals surface area contributed by atoms with E-state index in [2.05, 4.69) is 0 Å². The molecule has 1 aromatic carbocycles. The van der Waals surface area contributed by atoms with Crippen LogP contribution in [0.3, 0.4) is 0 Å². The number of carbonyl (C=O) groups is 2. The van der Waals surface area contributed by atoms with Crippen LogP contribution in [0.4, 0.5) is 0 Å². The van der Waals surface area contributed by atoms with Crippen LogP contribution >= 0.6 is 46.4 Å². The zero-order valence-electron chi connectivity index (χ0n) is 9.91. The molecule has 0 bridgehead atoms. The van der Waals surface area contributed by atoms with Gasteiger partial charge < -0.3 is 0 Å². The maximum absolute atomic E-state index is 12.1. The van der Waals surface area contributed by atoms with Gasteiger partial charge >= 0.3 is 0 Å².